The van der Waals surface area contributed by atoms with Gasteiger partial charge in [-0.15, -0.1) is 6.58 Å². The van der Waals surface area contributed by atoms with E-state index in [9.17, 15) is 13.2 Å². The molecule has 0 fully saturated rings. The number of nitrogens with one attached hydrogen (secondary N) is 1. The number of methoxy groups -OCH3 is 1. The van der Waals surface area contributed by atoms with Gasteiger partial charge < -0.3 is 10.1 Å². The third kappa shape index (κ3) is 5.07. The number of ether oxygens (including phenoxy) is 1. The Morgan fingerprint density at radius 1 is 1.45 bits per heavy atom. The van der Waals surface area contributed by atoms with Gasteiger partial charge in [0, 0.05) is 19.5 Å². The minimum atomic E-state index is -3.53. The molecule has 1 amide bonds. The van der Waals surface area contributed by atoms with E-state index in [2.05, 4.69) is 11.9 Å². The minimum absolute atomic E-state index is 0.0433. The van der Waals surface area contributed by atoms with Gasteiger partial charge in [-0.05, 0) is 24.6 Å². The van der Waals surface area contributed by atoms with E-state index in [1.165, 1.54) is 11.4 Å². The Bertz CT molecular complexity index is 641. The fourth-order valence-corrected chi connectivity index (χ4v) is 2.86. The number of benzene rings is 1. The van der Waals surface area contributed by atoms with Crippen LogP contribution in [0.15, 0.2) is 30.9 Å². The highest BCUT2D eigenvalue weighted by Crippen LogP contribution is 2.31. The topological polar surface area (TPSA) is 75.7 Å². The lowest BCUT2D eigenvalue weighted by atomic mass is 10.2. The molecule has 0 saturated carbocycles. The van der Waals surface area contributed by atoms with Gasteiger partial charge in [-0.3, -0.25) is 9.10 Å². The molecule has 0 radical (unpaired) electrons. The van der Waals surface area contributed by atoms with Crippen LogP contribution in [0.2, 0.25) is 0 Å². The van der Waals surface area contributed by atoms with E-state index in [-0.39, 0.29) is 18.9 Å². The van der Waals surface area contributed by atoms with Crippen LogP contribution < -0.4 is 14.4 Å². The number of rotatable bonds is 8. The van der Waals surface area contributed by atoms with Crippen molar-refractivity contribution in [3.8, 4) is 5.75 Å². The number of amides is 1. The highest BCUT2D eigenvalue weighted by molar-refractivity contribution is 7.92. The van der Waals surface area contributed by atoms with Crippen LogP contribution in [0.3, 0.4) is 0 Å². The molecule has 0 bridgehead atoms. The normalized spacial score (nSPS) is 10.9. The molecule has 0 saturated heterocycles. The van der Waals surface area contributed by atoms with E-state index >= 15 is 0 Å². The summed E-state index contributed by atoms with van der Waals surface area (Å²) < 4.78 is 30.5. The Morgan fingerprint density at radius 3 is 2.68 bits per heavy atom. The predicted octanol–water partition coefficient (Wildman–Crippen LogP) is 1.46. The number of hydrogen-bond donors (Lipinski definition) is 1. The number of aryl methyl sites for hydroxylation is 1. The summed E-state index contributed by atoms with van der Waals surface area (Å²) in [5.74, 6) is 0.211. The molecule has 0 aliphatic rings. The first kappa shape index (κ1) is 18.0. The van der Waals surface area contributed by atoms with Gasteiger partial charge in [0.05, 0.1) is 19.1 Å². The summed E-state index contributed by atoms with van der Waals surface area (Å²) in [5.41, 5.74) is 1.34. The lowest BCUT2D eigenvalue weighted by Crippen LogP contribution is -2.35. The molecular weight excluding hydrogens is 304 g/mol. The summed E-state index contributed by atoms with van der Waals surface area (Å²) in [4.78, 5) is 11.7. The molecule has 22 heavy (non-hydrogen) atoms. The maximum Gasteiger partial charge on any atom is 0.232 e. The molecule has 0 aromatic heterocycles. The maximum absolute atomic E-state index is 12.1. The number of hydrogen-bond acceptors (Lipinski definition) is 4. The summed E-state index contributed by atoms with van der Waals surface area (Å²) in [5, 5.41) is 2.62. The van der Waals surface area contributed by atoms with E-state index in [0.717, 1.165) is 11.8 Å². The molecule has 122 valence electrons. The molecule has 0 unspecified atom stereocenters. The van der Waals surface area contributed by atoms with Crippen LogP contribution in [-0.2, 0) is 14.8 Å². The average molecular weight is 326 g/mol. The Labute approximate surface area is 131 Å². The second-order valence-corrected chi connectivity index (χ2v) is 6.76. The fourth-order valence-electron chi connectivity index (χ4n) is 1.94. The minimum Gasteiger partial charge on any atom is -0.495 e. The predicted molar refractivity (Wildman–Crippen MR) is 87.7 cm³/mol. The van der Waals surface area contributed by atoms with E-state index in [1.54, 1.807) is 18.2 Å². The van der Waals surface area contributed by atoms with Gasteiger partial charge in [-0.25, -0.2) is 8.42 Å². The van der Waals surface area contributed by atoms with Crippen LogP contribution >= 0.6 is 0 Å². The summed E-state index contributed by atoms with van der Waals surface area (Å²) >= 11 is 0. The zero-order valence-corrected chi connectivity index (χ0v) is 13.9. The van der Waals surface area contributed by atoms with Crippen molar-refractivity contribution in [1.29, 1.82) is 0 Å². The van der Waals surface area contributed by atoms with E-state index in [1.807, 2.05) is 13.0 Å². The van der Waals surface area contributed by atoms with Gasteiger partial charge in [-0.2, -0.15) is 0 Å². The van der Waals surface area contributed by atoms with Crippen LogP contribution in [0.4, 0.5) is 5.69 Å². The third-order valence-electron chi connectivity index (χ3n) is 2.99. The fraction of sp³-hybridized carbons (Fsp3) is 0.400. The molecule has 0 aliphatic carbocycles. The van der Waals surface area contributed by atoms with Crippen molar-refractivity contribution in [2.75, 3.05) is 30.8 Å². The van der Waals surface area contributed by atoms with Gasteiger partial charge in [0.2, 0.25) is 15.9 Å². The smallest absolute Gasteiger partial charge is 0.232 e. The number of carbonyl (C=O) groups excluding carboxylic acids is 1. The lowest BCUT2D eigenvalue weighted by molar-refractivity contribution is -0.120. The molecule has 1 N–H and O–H groups in total. The Balaban J connectivity index is 3.03. The van der Waals surface area contributed by atoms with E-state index in [4.69, 9.17) is 4.74 Å². The number of carbonyl (C=O) groups is 1. The maximum atomic E-state index is 12.1. The van der Waals surface area contributed by atoms with Gasteiger partial charge in [0.15, 0.2) is 0 Å². The van der Waals surface area contributed by atoms with Crippen LogP contribution in [0.5, 0.6) is 5.75 Å². The molecular formula is C15H22N2O4S. The molecule has 1 rings (SSSR count). The highest BCUT2D eigenvalue weighted by atomic mass is 32.2. The second kappa shape index (κ2) is 7.84. The summed E-state index contributed by atoms with van der Waals surface area (Å²) in [7, 11) is -2.05. The molecule has 0 heterocycles. The summed E-state index contributed by atoms with van der Waals surface area (Å²) in [6.07, 6.45) is 2.73. The Kier molecular flexibility index (Phi) is 6.42. The zero-order valence-electron chi connectivity index (χ0n) is 13.1. The van der Waals surface area contributed by atoms with Crippen molar-refractivity contribution in [2.45, 2.75) is 13.3 Å². The first-order valence-electron chi connectivity index (χ1n) is 6.79. The van der Waals surface area contributed by atoms with Crippen LogP contribution in [0.1, 0.15) is 12.0 Å². The first-order chi connectivity index (χ1) is 10.3. The van der Waals surface area contributed by atoms with Gasteiger partial charge in [-0.1, -0.05) is 12.1 Å². The Hall–Kier alpha value is -2.02. The van der Waals surface area contributed by atoms with Crippen molar-refractivity contribution < 1.29 is 17.9 Å². The van der Waals surface area contributed by atoms with Crippen molar-refractivity contribution >= 4 is 21.6 Å². The van der Waals surface area contributed by atoms with Crippen molar-refractivity contribution in [2.24, 2.45) is 0 Å². The van der Waals surface area contributed by atoms with E-state index in [0.29, 0.717) is 18.0 Å². The van der Waals surface area contributed by atoms with Crippen molar-refractivity contribution in [1.82, 2.24) is 5.32 Å². The second-order valence-electron chi connectivity index (χ2n) is 4.85. The number of sulfonamides is 1. The van der Waals surface area contributed by atoms with Gasteiger partial charge >= 0.3 is 0 Å². The van der Waals surface area contributed by atoms with Crippen LogP contribution in [0.25, 0.3) is 0 Å². The zero-order chi connectivity index (χ0) is 16.8. The molecule has 7 heteroatoms. The molecule has 1 aromatic rings. The molecule has 0 aliphatic heterocycles. The molecule has 0 atom stereocenters. The lowest BCUT2D eigenvalue weighted by Gasteiger charge is -2.24. The van der Waals surface area contributed by atoms with Crippen LogP contribution in [-0.4, -0.2) is 40.8 Å². The summed E-state index contributed by atoms with van der Waals surface area (Å²) in [6, 6.07) is 5.27. The Morgan fingerprint density at radius 2 is 2.14 bits per heavy atom. The van der Waals surface area contributed by atoms with Gasteiger partial charge in [0.1, 0.15) is 5.75 Å². The molecule has 0 spiro atoms. The monoisotopic (exact) mass is 326 g/mol. The summed E-state index contributed by atoms with van der Waals surface area (Å²) in [6.45, 7) is 5.77. The van der Waals surface area contributed by atoms with Crippen molar-refractivity contribution in [3.05, 3.63) is 36.4 Å². The standard InChI is InChI=1S/C15H22N2O4S/c1-5-9-16-15(18)8-10-17(22(4,19)20)13-11-12(2)6-7-14(13)21-3/h5-7,11H,1,8-10H2,2-4H3,(H,16,18). The SMILES string of the molecule is C=CCNC(=O)CCN(c1cc(C)ccc1OC)S(C)(=O)=O. The number of nitrogens with zero attached hydrogens (tertiary/aromatic N) is 1. The quantitative estimate of drug-likeness (QED) is 0.734. The molecule has 1 aromatic carbocycles. The number of anilines is 1. The largest absolute Gasteiger partial charge is 0.495 e. The third-order valence-corrected chi connectivity index (χ3v) is 4.17. The van der Waals surface area contributed by atoms with E-state index < -0.39 is 10.0 Å². The highest BCUT2D eigenvalue weighted by Gasteiger charge is 2.22. The first-order valence-corrected chi connectivity index (χ1v) is 8.64. The van der Waals surface area contributed by atoms with Crippen molar-refractivity contribution in [3.63, 3.8) is 0 Å². The average Bonchev–Trinajstić information content (AvgIpc) is 2.44. The van der Waals surface area contributed by atoms with Gasteiger partial charge in [0.25, 0.3) is 0 Å². The van der Waals surface area contributed by atoms with Crippen LogP contribution in [0, 0.1) is 6.92 Å². The molecule has 6 nitrogen and oxygen atoms in total.